The molecule has 0 fully saturated rings. The molecule has 3 aromatic rings. The van der Waals surface area contributed by atoms with E-state index in [1.165, 1.54) is 19.4 Å². The summed E-state index contributed by atoms with van der Waals surface area (Å²) in [6.45, 7) is 0.265. The zero-order valence-corrected chi connectivity index (χ0v) is 13.4. The number of H-pyrrole nitrogens is 1. The largest absolute Gasteiger partial charge is 0.486 e. The molecule has 3 heterocycles. The Labute approximate surface area is 138 Å². The Morgan fingerprint density at radius 1 is 1.33 bits per heavy atom. The molecule has 0 atom stereocenters. The van der Waals surface area contributed by atoms with Crippen LogP contribution in [0.15, 0.2) is 42.9 Å². The zero-order valence-electron chi connectivity index (χ0n) is 13.4. The quantitative estimate of drug-likeness (QED) is 0.551. The van der Waals surface area contributed by atoms with Crippen molar-refractivity contribution >= 4 is 6.29 Å². The molecule has 0 saturated carbocycles. The Morgan fingerprint density at radius 3 is 2.92 bits per heavy atom. The highest BCUT2D eigenvalue weighted by Gasteiger charge is 2.13. The van der Waals surface area contributed by atoms with E-state index in [9.17, 15) is 4.79 Å². The Balaban J connectivity index is 1.84. The van der Waals surface area contributed by atoms with Crippen LogP contribution in [-0.4, -0.2) is 28.5 Å². The Morgan fingerprint density at radius 2 is 2.21 bits per heavy atom. The highest BCUT2D eigenvalue weighted by molar-refractivity contribution is 5.79. The van der Waals surface area contributed by atoms with E-state index in [1.54, 1.807) is 6.20 Å². The van der Waals surface area contributed by atoms with Crippen molar-refractivity contribution < 1.29 is 19.0 Å². The third-order valence-electron chi connectivity index (χ3n) is 3.50. The SMILES string of the molecule is COc1cc(C=O)c(OCc2cccnc2-c2cc[n+](C)[nH]2)cn1. The fraction of sp³-hybridized carbons (Fsp3) is 0.176. The number of nitrogens with one attached hydrogen (secondary N) is 1. The molecule has 0 aliphatic heterocycles. The second-order valence-corrected chi connectivity index (χ2v) is 5.13. The van der Waals surface area contributed by atoms with Gasteiger partial charge in [0.05, 0.1) is 24.6 Å². The summed E-state index contributed by atoms with van der Waals surface area (Å²) in [6, 6.07) is 7.26. The van der Waals surface area contributed by atoms with Crippen molar-refractivity contribution in [3.63, 3.8) is 0 Å². The Hall–Kier alpha value is -3.22. The van der Waals surface area contributed by atoms with Crippen molar-refractivity contribution in [2.45, 2.75) is 6.61 Å². The molecule has 0 bridgehead atoms. The summed E-state index contributed by atoms with van der Waals surface area (Å²) in [5, 5.41) is 3.18. The minimum absolute atomic E-state index is 0.265. The first-order valence-electron chi connectivity index (χ1n) is 7.32. The highest BCUT2D eigenvalue weighted by Crippen LogP contribution is 2.23. The third kappa shape index (κ3) is 3.24. The van der Waals surface area contributed by atoms with Crippen molar-refractivity contribution in [2.24, 2.45) is 7.05 Å². The van der Waals surface area contributed by atoms with Crippen molar-refractivity contribution in [1.82, 2.24) is 15.1 Å². The third-order valence-corrected chi connectivity index (χ3v) is 3.50. The molecule has 24 heavy (non-hydrogen) atoms. The number of ether oxygens (including phenoxy) is 2. The molecule has 0 spiro atoms. The summed E-state index contributed by atoms with van der Waals surface area (Å²) >= 11 is 0. The van der Waals surface area contributed by atoms with Crippen LogP contribution in [0, 0.1) is 0 Å². The summed E-state index contributed by atoms with van der Waals surface area (Å²) in [5.41, 5.74) is 2.97. The molecule has 0 unspecified atom stereocenters. The fourth-order valence-electron chi connectivity index (χ4n) is 2.30. The second-order valence-electron chi connectivity index (χ2n) is 5.13. The van der Waals surface area contributed by atoms with Gasteiger partial charge in [0, 0.05) is 23.9 Å². The molecular weight excluding hydrogens is 308 g/mol. The number of carbonyl (C=O) groups excluding carboxylic acids is 1. The van der Waals surface area contributed by atoms with Gasteiger partial charge in [0.25, 0.3) is 0 Å². The number of aromatic amines is 1. The van der Waals surface area contributed by atoms with Gasteiger partial charge in [-0.1, -0.05) is 6.07 Å². The van der Waals surface area contributed by atoms with Gasteiger partial charge in [-0.3, -0.25) is 9.78 Å². The van der Waals surface area contributed by atoms with Crippen LogP contribution in [0.4, 0.5) is 0 Å². The lowest BCUT2D eigenvalue weighted by Gasteiger charge is -2.10. The molecule has 3 rings (SSSR count). The molecule has 1 N–H and O–H groups in total. The van der Waals surface area contributed by atoms with E-state index in [2.05, 4.69) is 15.1 Å². The number of nitrogens with zero attached hydrogens (tertiary/aromatic N) is 3. The molecule has 0 aliphatic rings. The number of aldehydes is 1. The lowest BCUT2D eigenvalue weighted by Crippen LogP contribution is -2.28. The molecule has 7 nitrogen and oxygen atoms in total. The number of pyridine rings is 2. The number of rotatable bonds is 6. The number of hydrogen-bond donors (Lipinski definition) is 1. The van der Waals surface area contributed by atoms with E-state index in [1.807, 2.05) is 36.1 Å². The molecule has 7 heteroatoms. The van der Waals surface area contributed by atoms with Gasteiger partial charge in [0.1, 0.15) is 18.1 Å². The molecule has 0 saturated heterocycles. The molecule has 0 aromatic carbocycles. The second kappa shape index (κ2) is 6.91. The van der Waals surface area contributed by atoms with Gasteiger partial charge in [0.15, 0.2) is 19.5 Å². The number of aryl methyl sites for hydroxylation is 1. The van der Waals surface area contributed by atoms with Crippen LogP contribution in [0.1, 0.15) is 15.9 Å². The topological polar surface area (TPSA) is 81.0 Å². The Kier molecular flexibility index (Phi) is 4.51. The van der Waals surface area contributed by atoms with Crippen LogP contribution in [0.2, 0.25) is 0 Å². The minimum atomic E-state index is 0.265. The van der Waals surface area contributed by atoms with E-state index in [4.69, 9.17) is 9.47 Å². The zero-order chi connectivity index (χ0) is 16.9. The normalized spacial score (nSPS) is 10.4. The molecule has 0 radical (unpaired) electrons. The van der Waals surface area contributed by atoms with Crippen LogP contribution in [-0.2, 0) is 13.7 Å². The van der Waals surface area contributed by atoms with Gasteiger partial charge in [-0.05, 0) is 6.07 Å². The number of hydrogen-bond acceptors (Lipinski definition) is 5. The first-order chi connectivity index (χ1) is 11.7. The first kappa shape index (κ1) is 15.7. The van der Waals surface area contributed by atoms with Gasteiger partial charge >= 0.3 is 0 Å². The van der Waals surface area contributed by atoms with Crippen LogP contribution in [0.25, 0.3) is 11.4 Å². The van der Waals surface area contributed by atoms with E-state index < -0.39 is 0 Å². The lowest BCUT2D eigenvalue weighted by molar-refractivity contribution is -0.726. The summed E-state index contributed by atoms with van der Waals surface area (Å²) in [5.74, 6) is 0.767. The molecule has 0 aliphatic carbocycles. The summed E-state index contributed by atoms with van der Waals surface area (Å²) in [4.78, 5) is 19.7. The van der Waals surface area contributed by atoms with Crippen molar-refractivity contribution in [2.75, 3.05) is 7.11 Å². The highest BCUT2D eigenvalue weighted by atomic mass is 16.5. The van der Waals surface area contributed by atoms with Gasteiger partial charge in [-0.25, -0.2) is 4.98 Å². The molecule has 0 amide bonds. The molecular formula is C17H17N4O3+. The van der Waals surface area contributed by atoms with E-state index in [0.717, 1.165) is 17.0 Å². The Bertz CT molecular complexity index is 861. The van der Waals surface area contributed by atoms with Gasteiger partial charge < -0.3 is 9.47 Å². The van der Waals surface area contributed by atoms with Crippen molar-refractivity contribution in [3.05, 3.63) is 54.0 Å². The van der Waals surface area contributed by atoms with Crippen LogP contribution < -0.4 is 14.2 Å². The predicted octanol–water partition coefficient (Wildman–Crippen LogP) is 1.70. The minimum Gasteiger partial charge on any atom is -0.486 e. The smallest absolute Gasteiger partial charge is 0.213 e. The summed E-state index contributed by atoms with van der Waals surface area (Å²) in [7, 11) is 3.40. The lowest BCUT2D eigenvalue weighted by atomic mass is 10.1. The van der Waals surface area contributed by atoms with Gasteiger partial charge in [0.2, 0.25) is 5.88 Å². The van der Waals surface area contributed by atoms with Crippen molar-refractivity contribution in [1.29, 1.82) is 0 Å². The number of carbonyl (C=O) groups is 1. The average Bonchev–Trinajstić information content (AvgIpc) is 3.06. The maximum Gasteiger partial charge on any atom is 0.213 e. The van der Waals surface area contributed by atoms with Crippen LogP contribution in [0.3, 0.4) is 0 Å². The van der Waals surface area contributed by atoms with Gasteiger partial charge in [-0.15, -0.1) is 4.68 Å². The van der Waals surface area contributed by atoms with Crippen LogP contribution in [0.5, 0.6) is 11.6 Å². The standard InChI is InChI=1S/C17H16N4O3/c1-21-7-5-14(20-21)17-12(4-3-6-18-17)11-24-15-9-19-16(23-2)8-13(15)10-22/h3-10H,11H2,1-2H3/p+1. The predicted molar refractivity (Wildman–Crippen MR) is 85.7 cm³/mol. The molecule has 122 valence electrons. The number of aromatic nitrogens is 4. The molecule has 3 aromatic heterocycles. The van der Waals surface area contributed by atoms with Crippen molar-refractivity contribution in [3.8, 4) is 23.0 Å². The van der Waals surface area contributed by atoms with E-state index >= 15 is 0 Å². The first-order valence-corrected chi connectivity index (χ1v) is 7.32. The van der Waals surface area contributed by atoms with Crippen LogP contribution >= 0.6 is 0 Å². The monoisotopic (exact) mass is 325 g/mol. The number of methoxy groups -OCH3 is 1. The van der Waals surface area contributed by atoms with Gasteiger partial charge in [-0.2, -0.15) is 5.10 Å². The summed E-state index contributed by atoms with van der Waals surface area (Å²) in [6.07, 6.45) is 5.83. The fourth-order valence-corrected chi connectivity index (χ4v) is 2.30. The summed E-state index contributed by atoms with van der Waals surface area (Å²) < 4.78 is 12.6. The van der Waals surface area contributed by atoms with E-state index in [0.29, 0.717) is 23.5 Å². The average molecular weight is 325 g/mol. The maximum absolute atomic E-state index is 11.2. The maximum atomic E-state index is 11.2. The van der Waals surface area contributed by atoms with E-state index in [-0.39, 0.29) is 6.61 Å².